The highest BCUT2D eigenvalue weighted by Crippen LogP contribution is 2.50. The van der Waals surface area contributed by atoms with E-state index in [2.05, 4.69) is 0 Å². The number of benzene rings is 1. The molecule has 1 aromatic rings. The number of hydrogen-bond donors (Lipinski definition) is 3. The predicted molar refractivity (Wildman–Crippen MR) is 60.5 cm³/mol. The van der Waals surface area contributed by atoms with Gasteiger partial charge in [0.25, 0.3) is 0 Å². The highest BCUT2D eigenvalue weighted by Gasteiger charge is 2.28. The maximum absolute atomic E-state index is 9.71. The van der Waals surface area contributed by atoms with Crippen LogP contribution in [0.1, 0.15) is 6.42 Å². The lowest BCUT2D eigenvalue weighted by Crippen LogP contribution is -2.21. The van der Waals surface area contributed by atoms with E-state index >= 15 is 0 Å². The highest BCUT2D eigenvalue weighted by molar-refractivity contribution is 8.25. The Morgan fingerprint density at radius 1 is 1.21 bits per heavy atom. The Morgan fingerprint density at radius 2 is 1.86 bits per heavy atom. The quantitative estimate of drug-likeness (QED) is 0.626. The van der Waals surface area contributed by atoms with Gasteiger partial charge in [-0.1, -0.05) is 0 Å². The maximum atomic E-state index is 9.71. The molecule has 1 heterocycles. The minimum Gasteiger partial charge on any atom is -0.399 e. The van der Waals surface area contributed by atoms with Crippen LogP contribution < -0.4 is 10.0 Å². The Morgan fingerprint density at radius 3 is 2.36 bits per heavy atom. The SMILES string of the molecule is Nc1ccc(N2CCCS2(O)O)cc1. The van der Waals surface area contributed by atoms with Crippen LogP contribution in [0, 0.1) is 0 Å². The van der Waals surface area contributed by atoms with Crippen molar-refractivity contribution < 1.29 is 9.11 Å². The van der Waals surface area contributed by atoms with Crippen molar-refractivity contribution in [3.63, 3.8) is 0 Å². The molecule has 0 spiro atoms. The summed E-state index contributed by atoms with van der Waals surface area (Å²) in [7, 11) is -2.56. The van der Waals surface area contributed by atoms with Crippen molar-refractivity contribution in [1.29, 1.82) is 0 Å². The van der Waals surface area contributed by atoms with Crippen LogP contribution in [-0.2, 0) is 0 Å². The minimum absolute atomic E-state index is 0.470. The van der Waals surface area contributed by atoms with Gasteiger partial charge in [0.15, 0.2) is 0 Å². The largest absolute Gasteiger partial charge is 0.399 e. The van der Waals surface area contributed by atoms with Crippen molar-refractivity contribution >= 4 is 22.2 Å². The summed E-state index contributed by atoms with van der Waals surface area (Å²) < 4.78 is 21.1. The third kappa shape index (κ3) is 1.66. The summed E-state index contributed by atoms with van der Waals surface area (Å²) in [5, 5.41) is 0. The van der Waals surface area contributed by atoms with E-state index in [0.717, 1.165) is 12.1 Å². The molecule has 4 nitrogen and oxygen atoms in total. The molecule has 14 heavy (non-hydrogen) atoms. The molecule has 5 heteroatoms. The molecular weight excluding hydrogens is 200 g/mol. The summed E-state index contributed by atoms with van der Waals surface area (Å²) >= 11 is 0. The van der Waals surface area contributed by atoms with Gasteiger partial charge in [0.05, 0.1) is 11.4 Å². The van der Waals surface area contributed by atoms with Gasteiger partial charge in [0.2, 0.25) is 0 Å². The molecule has 0 saturated carbocycles. The summed E-state index contributed by atoms with van der Waals surface area (Å²) in [5.74, 6) is 0.470. The van der Waals surface area contributed by atoms with E-state index in [-0.39, 0.29) is 0 Å². The molecule has 0 aliphatic carbocycles. The van der Waals surface area contributed by atoms with Crippen LogP contribution in [0.15, 0.2) is 24.3 Å². The summed E-state index contributed by atoms with van der Waals surface area (Å²) in [6.07, 6.45) is 0.826. The Hall–Kier alpha value is -0.910. The van der Waals surface area contributed by atoms with Crippen LogP contribution in [0.2, 0.25) is 0 Å². The van der Waals surface area contributed by atoms with Crippen molar-refractivity contribution in [1.82, 2.24) is 0 Å². The molecule has 0 bridgehead atoms. The smallest absolute Gasteiger partial charge is 0.0596 e. The second kappa shape index (κ2) is 3.34. The van der Waals surface area contributed by atoms with Crippen molar-refractivity contribution in [2.75, 3.05) is 22.3 Å². The molecular formula is C9H14N2O2S. The third-order valence-electron chi connectivity index (χ3n) is 2.31. The molecule has 1 aromatic carbocycles. The topological polar surface area (TPSA) is 69.7 Å². The van der Waals surface area contributed by atoms with Gasteiger partial charge in [-0.3, -0.25) is 13.4 Å². The molecule has 0 radical (unpaired) electrons. The highest BCUT2D eigenvalue weighted by atomic mass is 32.3. The first-order valence-electron chi connectivity index (χ1n) is 4.49. The second-order valence-electron chi connectivity index (χ2n) is 3.38. The standard InChI is InChI=1S/C9H14N2O2S/c10-8-2-4-9(5-3-8)11-6-1-7-14(11,12)13/h2-5,12-13H,1,6-7,10H2. The van der Waals surface area contributed by atoms with E-state index in [4.69, 9.17) is 5.73 Å². The normalized spacial score (nSPS) is 22.3. The van der Waals surface area contributed by atoms with Gasteiger partial charge in [-0.05, 0) is 30.7 Å². The average molecular weight is 214 g/mol. The van der Waals surface area contributed by atoms with Crippen molar-refractivity contribution in [3.8, 4) is 0 Å². The number of rotatable bonds is 1. The van der Waals surface area contributed by atoms with Crippen molar-refractivity contribution in [2.45, 2.75) is 6.42 Å². The molecule has 1 saturated heterocycles. The van der Waals surface area contributed by atoms with Crippen LogP contribution in [0.25, 0.3) is 0 Å². The first kappa shape index (κ1) is 9.64. The van der Waals surface area contributed by atoms with Gasteiger partial charge >= 0.3 is 0 Å². The van der Waals surface area contributed by atoms with Gasteiger partial charge in [0, 0.05) is 12.2 Å². The Labute approximate surface area is 84.8 Å². The number of anilines is 2. The van der Waals surface area contributed by atoms with Crippen LogP contribution in [0.5, 0.6) is 0 Å². The fourth-order valence-electron chi connectivity index (χ4n) is 1.60. The fraction of sp³-hybridized carbons (Fsp3) is 0.333. The monoisotopic (exact) mass is 214 g/mol. The van der Waals surface area contributed by atoms with Gasteiger partial charge in [0.1, 0.15) is 0 Å². The lowest BCUT2D eigenvalue weighted by Gasteiger charge is -2.38. The molecule has 78 valence electrons. The third-order valence-corrected chi connectivity index (χ3v) is 4.25. The van der Waals surface area contributed by atoms with E-state index in [1.165, 1.54) is 0 Å². The molecule has 2 rings (SSSR count). The number of nitrogen functional groups attached to an aromatic ring is 1. The zero-order valence-electron chi connectivity index (χ0n) is 7.76. The van der Waals surface area contributed by atoms with Crippen LogP contribution in [0.3, 0.4) is 0 Å². The summed E-state index contributed by atoms with van der Waals surface area (Å²) in [6, 6.07) is 7.16. The Kier molecular flexibility index (Phi) is 2.30. The van der Waals surface area contributed by atoms with E-state index < -0.39 is 10.8 Å². The van der Waals surface area contributed by atoms with E-state index in [1.807, 2.05) is 12.1 Å². The van der Waals surface area contributed by atoms with E-state index in [9.17, 15) is 9.11 Å². The number of nitrogens with zero attached hydrogens (tertiary/aromatic N) is 1. The molecule has 4 N–H and O–H groups in total. The minimum atomic E-state index is -2.56. The zero-order chi connectivity index (χ0) is 10.2. The van der Waals surface area contributed by atoms with E-state index in [0.29, 0.717) is 18.0 Å². The van der Waals surface area contributed by atoms with Gasteiger partial charge in [-0.15, -0.1) is 10.8 Å². The van der Waals surface area contributed by atoms with Crippen molar-refractivity contribution in [3.05, 3.63) is 24.3 Å². The predicted octanol–water partition coefficient (Wildman–Crippen LogP) is 2.14. The zero-order valence-corrected chi connectivity index (χ0v) is 8.57. The first-order valence-corrected chi connectivity index (χ1v) is 6.16. The van der Waals surface area contributed by atoms with Gasteiger partial charge in [-0.2, -0.15) is 0 Å². The lowest BCUT2D eigenvalue weighted by molar-refractivity contribution is 0.491. The Bertz CT molecular complexity index is 326. The summed E-state index contributed by atoms with van der Waals surface area (Å²) in [4.78, 5) is 0. The summed E-state index contributed by atoms with van der Waals surface area (Å²) in [6.45, 7) is 0.701. The van der Waals surface area contributed by atoms with Crippen molar-refractivity contribution in [2.24, 2.45) is 0 Å². The summed E-state index contributed by atoms with van der Waals surface area (Å²) in [5.41, 5.74) is 7.07. The number of hydrogen-bond acceptors (Lipinski definition) is 4. The van der Waals surface area contributed by atoms with E-state index in [1.54, 1.807) is 16.4 Å². The maximum Gasteiger partial charge on any atom is 0.0596 e. The average Bonchev–Trinajstić information content (AvgIpc) is 2.47. The molecule has 0 unspecified atom stereocenters. The van der Waals surface area contributed by atoms with Gasteiger partial charge in [-0.25, -0.2) is 0 Å². The molecule has 1 fully saturated rings. The number of nitrogens with two attached hydrogens (primary N) is 1. The second-order valence-corrected chi connectivity index (χ2v) is 5.50. The van der Waals surface area contributed by atoms with Gasteiger partial charge < -0.3 is 5.73 Å². The first-order chi connectivity index (χ1) is 6.59. The van der Waals surface area contributed by atoms with Crippen LogP contribution in [-0.4, -0.2) is 21.4 Å². The van der Waals surface area contributed by atoms with Crippen LogP contribution >= 0.6 is 10.8 Å². The molecule has 1 aliphatic rings. The molecule has 0 amide bonds. The molecule has 0 aromatic heterocycles. The van der Waals surface area contributed by atoms with Crippen LogP contribution in [0.4, 0.5) is 11.4 Å². The molecule has 1 aliphatic heterocycles. The lowest BCUT2D eigenvalue weighted by atomic mass is 10.3. The Balaban J connectivity index is 2.27. The molecule has 0 atom stereocenters. The fourth-order valence-corrected chi connectivity index (χ4v) is 3.21.